The average Bonchev–Trinajstić information content (AvgIpc) is 3.11. The maximum Gasteiger partial charge on any atom is 0.407 e. The summed E-state index contributed by atoms with van der Waals surface area (Å²) >= 11 is 0. The first-order valence-electron chi connectivity index (χ1n) is 15.8. The number of hydrogen-bond donors (Lipinski definition) is 5. The summed E-state index contributed by atoms with van der Waals surface area (Å²) in [6.45, 7) is 1.07. The third-order valence-electron chi connectivity index (χ3n) is 8.28. The highest BCUT2D eigenvalue weighted by Gasteiger charge is 2.33. The number of nitrogens with two attached hydrogens (primary N) is 1. The van der Waals surface area contributed by atoms with Crippen molar-refractivity contribution in [2.45, 2.75) is 41.8 Å². The number of rotatable bonds is 13. The molecule has 12 heteroatoms. The zero-order valence-corrected chi connectivity index (χ0v) is 27.5. The molecule has 0 unspecified atom stereocenters. The number of sulfonamides is 1. The van der Waals surface area contributed by atoms with Gasteiger partial charge in [0.2, 0.25) is 15.9 Å². The molecule has 5 rings (SSSR count). The monoisotopic (exact) mass is 671 g/mol. The van der Waals surface area contributed by atoms with E-state index in [2.05, 4.69) is 20.7 Å². The molecule has 0 aromatic heterocycles. The molecule has 0 saturated carbocycles. The third-order valence-corrected chi connectivity index (χ3v) is 9.72. The maximum atomic E-state index is 14.0. The molecule has 2 amide bonds. The van der Waals surface area contributed by atoms with E-state index in [-0.39, 0.29) is 29.5 Å². The van der Waals surface area contributed by atoms with Gasteiger partial charge in [-0.1, -0.05) is 78.9 Å². The van der Waals surface area contributed by atoms with E-state index >= 15 is 0 Å². The van der Waals surface area contributed by atoms with Gasteiger partial charge in [-0.25, -0.2) is 17.9 Å². The van der Waals surface area contributed by atoms with E-state index in [9.17, 15) is 18.0 Å². The number of nitrogen functional groups attached to an aromatic ring is 1. The van der Waals surface area contributed by atoms with Gasteiger partial charge < -0.3 is 31.2 Å². The smallest absolute Gasteiger partial charge is 0.407 e. The average molecular weight is 672 g/mol. The second-order valence-electron chi connectivity index (χ2n) is 11.6. The summed E-state index contributed by atoms with van der Waals surface area (Å²) < 4.78 is 38.9. The number of benzene rings is 4. The van der Waals surface area contributed by atoms with Gasteiger partial charge >= 0.3 is 6.09 Å². The van der Waals surface area contributed by atoms with Gasteiger partial charge in [-0.15, -0.1) is 0 Å². The number of ether oxygens (including phenoxy) is 2. The number of hydrogen-bond acceptors (Lipinski definition) is 8. The number of para-hydroxylation sites is 1. The van der Waals surface area contributed by atoms with E-state index in [1.54, 1.807) is 12.1 Å². The lowest BCUT2D eigenvalue weighted by Crippen LogP contribution is -2.51. The third kappa shape index (κ3) is 9.20. The van der Waals surface area contributed by atoms with Gasteiger partial charge in [0.15, 0.2) is 0 Å². The van der Waals surface area contributed by atoms with E-state index in [4.69, 9.17) is 15.2 Å². The Morgan fingerprint density at radius 2 is 1.54 bits per heavy atom. The summed E-state index contributed by atoms with van der Waals surface area (Å²) in [6, 6.07) is 31.6. The quantitative estimate of drug-likeness (QED) is 0.133. The summed E-state index contributed by atoms with van der Waals surface area (Å²) in [6.07, 6.45) is 0.476. The predicted octanol–water partition coefficient (Wildman–Crippen LogP) is 4.03. The van der Waals surface area contributed by atoms with Crippen molar-refractivity contribution in [3.05, 3.63) is 126 Å². The molecule has 1 fully saturated rings. The van der Waals surface area contributed by atoms with Gasteiger partial charge in [0.1, 0.15) is 6.04 Å². The Morgan fingerprint density at radius 1 is 0.917 bits per heavy atom. The molecule has 4 aromatic carbocycles. The second kappa shape index (κ2) is 16.4. The van der Waals surface area contributed by atoms with Gasteiger partial charge in [0.25, 0.3) is 0 Å². The highest BCUT2D eigenvalue weighted by Crippen LogP contribution is 2.30. The molecule has 1 aliphatic heterocycles. The van der Waals surface area contributed by atoms with Crippen LogP contribution in [0.3, 0.4) is 0 Å². The zero-order valence-electron chi connectivity index (χ0n) is 26.7. The minimum absolute atomic E-state index is 0.104. The lowest BCUT2D eigenvalue weighted by atomic mass is 9.84. The number of aryl methyl sites for hydroxylation is 1. The van der Waals surface area contributed by atoms with Crippen molar-refractivity contribution in [2.24, 2.45) is 0 Å². The second-order valence-corrected chi connectivity index (χ2v) is 13.3. The van der Waals surface area contributed by atoms with Crippen molar-refractivity contribution in [3.63, 3.8) is 0 Å². The van der Waals surface area contributed by atoms with Crippen LogP contribution in [0, 0.1) is 0 Å². The van der Waals surface area contributed by atoms with Crippen LogP contribution in [-0.4, -0.2) is 65.4 Å². The van der Waals surface area contributed by atoms with Crippen LogP contribution in [0.4, 0.5) is 16.2 Å². The first-order chi connectivity index (χ1) is 23.2. The molecule has 1 heterocycles. The SMILES string of the molecule is COC(=O)N[C@H](C(=O)Nc1ccccc1CC[C@@H]1CN[C@H](CNS(=O)(=O)c2ccc(N)cc2)CO1)C(c1ccccc1)c1ccccc1. The molecule has 4 aromatic rings. The summed E-state index contributed by atoms with van der Waals surface area (Å²) in [5.74, 6) is -0.866. The van der Waals surface area contributed by atoms with Crippen LogP contribution in [0.5, 0.6) is 0 Å². The normalized spacial score (nSPS) is 17.0. The van der Waals surface area contributed by atoms with Crippen LogP contribution >= 0.6 is 0 Å². The lowest BCUT2D eigenvalue weighted by Gasteiger charge is -2.31. The Bertz CT molecular complexity index is 1710. The van der Waals surface area contributed by atoms with Crippen LogP contribution in [0.1, 0.15) is 29.0 Å². The van der Waals surface area contributed by atoms with Crippen LogP contribution in [0.15, 0.2) is 114 Å². The standard InChI is InChI=1S/C36H41N5O6S/c1-46-36(43)41-34(33(26-11-4-2-5-12-26)27-13-6-3-7-14-27)35(42)40-32-15-9-8-10-25(32)16-19-30-23-38-29(24-47-30)22-39-48(44,45)31-20-17-28(37)18-21-31/h2-15,17-18,20-21,29-30,33-34,38-39H,16,19,22-24,37H2,1H3,(H,40,42)(H,41,43)/t29-,30-,34+/m1/s1. The molecule has 0 aliphatic carbocycles. The summed E-state index contributed by atoms with van der Waals surface area (Å²) in [5.41, 5.74) is 9.45. The zero-order chi connectivity index (χ0) is 33.9. The van der Waals surface area contributed by atoms with Crippen LogP contribution in [-0.2, 0) is 30.7 Å². The minimum Gasteiger partial charge on any atom is -0.453 e. The molecule has 252 valence electrons. The molecule has 0 spiro atoms. The number of amides is 2. The summed E-state index contributed by atoms with van der Waals surface area (Å²) in [5, 5.41) is 9.21. The van der Waals surface area contributed by atoms with E-state index in [1.807, 2.05) is 84.9 Å². The van der Waals surface area contributed by atoms with Crippen molar-refractivity contribution >= 4 is 33.4 Å². The Morgan fingerprint density at radius 3 is 2.15 bits per heavy atom. The van der Waals surface area contributed by atoms with Gasteiger partial charge in [0.05, 0.1) is 24.7 Å². The summed E-state index contributed by atoms with van der Waals surface area (Å²) in [7, 11) is -2.40. The van der Waals surface area contributed by atoms with Crippen LogP contribution < -0.4 is 26.4 Å². The fourth-order valence-electron chi connectivity index (χ4n) is 5.70. The lowest BCUT2D eigenvalue weighted by molar-refractivity contribution is -0.118. The molecular formula is C36H41N5O6S. The van der Waals surface area contributed by atoms with Crippen molar-refractivity contribution in [1.82, 2.24) is 15.4 Å². The Hall–Kier alpha value is -4.75. The molecule has 3 atom stereocenters. The van der Waals surface area contributed by atoms with Crippen LogP contribution in [0.25, 0.3) is 0 Å². The van der Waals surface area contributed by atoms with Crippen molar-refractivity contribution in [3.8, 4) is 0 Å². The van der Waals surface area contributed by atoms with Gasteiger partial charge in [0, 0.05) is 36.4 Å². The molecule has 48 heavy (non-hydrogen) atoms. The fourth-order valence-corrected chi connectivity index (χ4v) is 6.78. The molecule has 11 nitrogen and oxygen atoms in total. The molecule has 1 aliphatic rings. The highest BCUT2D eigenvalue weighted by atomic mass is 32.2. The number of alkyl carbamates (subject to hydrolysis) is 1. The predicted molar refractivity (Wildman–Crippen MR) is 185 cm³/mol. The van der Waals surface area contributed by atoms with E-state index < -0.39 is 28.1 Å². The highest BCUT2D eigenvalue weighted by molar-refractivity contribution is 7.89. The van der Waals surface area contributed by atoms with E-state index in [0.717, 1.165) is 16.7 Å². The van der Waals surface area contributed by atoms with Crippen molar-refractivity contribution in [2.75, 3.05) is 37.9 Å². The molecule has 0 bridgehead atoms. The Kier molecular flexibility index (Phi) is 11.8. The Labute approximate surface area is 281 Å². The minimum atomic E-state index is -3.67. The van der Waals surface area contributed by atoms with Crippen LogP contribution in [0.2, 0.25) is 0 Å². The molecular weight excluding hydrogens is 630 g/mol. The number of nitrogens with one attached hydrogen (secondary N) is 4. The Balaban J connectivity index is 1.21. The number of anilines is 2. The number of morpholine rings is 1. The van der Waals surface area contributed by atoms with Gasteiger partial charge in [-0.2, -0.15) is 0 Å². The molecule has 0 radical (unpaired) electrons. The van der Waals surface area contributed by atoms with E-state index in [0.29, 0.717) is 37.4 Å². The first-order valence-corrected chi connectivity index (χ1v) is 17.2. The van der Waals surface area contributed by atoms with E-state index in [1.165, 1.54) is 19.2 Å². The number of methoxy groups -OCH3 is 1. The largest absolute Gasteiger partial charge is 0.453 e. The van der Waals surface area contributed by atoms with Gasteiger partial charge in [-0.05, 0) is 59.9 Å². The summed E-state index contributed by atoms with van der Waals surface area (Å²) in [4.78, 5) is 26.7. The fraction of sp³-hybridized carbons (Fsp3) is 0.278. The molecule has 6 N–H and O–H groups in total. The molecule has 1 saturated heterocycles. The van der Waals surface area contributed by atoms with Crippen molar-refractivity contribution in [1.29, 1.82) is 0 Å². The number of carbonyl (C=O) groups is 2. The van der Waals surface area contributed by atoms with Crippen molar-refractivity contribution < 1.29 is 27.5 Å². The van der Waals surface area contributed by atoms with Gasteiger partial charge in [-0.3, -0.25) is 4.79 Å². The topological polar surface area (TPSA) is 161 Å². The first kappa shape index (κ1) is 34.6. The maximum absolute atomic E-state index is 14.0. The number of carbonyl (C=O) groups excluding carboxylic acids is 2.